The van der Waals surface area contributed by atoms with Crippen molar-refractivity contribution in [2.45, 2.75) is 52.0 Å². The first-order valence-electron chi connectivity index (χ1n) is 18.1. The molecule has 1 saturated carbocycles. The van der Waals surface area contributed by atoms with Crippen LogP contribution in [-0.2, 0) is 6.42 Å². The predicted molar refractivity (Wildman–Crippen MR) is 203 cm³/mol. The quantitative estimate of drug-likeness (QED) is 0.192. The molecule has 8 rings (SSSR count). The van der Waals surface area contributed by atoms with Crippen LogP contribution in [-0.4, -0.2) is 72.5 Å². The molecule has 4 aromatic heterocycles. The van der Waals surface area contributed by atoms with Crippen molar-refractivity contribution in [3.05, 3.63) is 121 Å². The lowest BCUT2D eigenvalue weighted by Gasteiger charge is -2.36. The van der Waals surface area contributed by atoms with Crippen LogP contribution < -0.4 is 21.3 Å². The number of aromatic nitrogens is 6. The van der Waals surface area contributed by atoms with Gasteiger partial charge in [0.1, 0.15) is 17.3 Å². The maximum absolute atomic E-state index is 15.0. The highest BCUT2D eigenvalue weighted by atomic mass is 19.1. The monoisotopic (exact) mass is 727 g/mol. The van der Waals surface area contributed by atoms with Crippen molar-refractivity contribution in [3.8, 4) is 0 Å². The van der Waals surface area contributed by atoms with Gasteiger partial charge in [0.2, 0.25) is 5.95 Å². The molecule has 2 aromatic carbocycles. The molecule has 54 heavy (non-hydrogen) atoms. The Bertz CT molecular complexity index is 2560. The fourth-order valence-corrected chi connectivity index (χ4v) is 7.75. The largest absolute Gasteiger partial charge is 0.367 e. The summed E-state index contributed by atoms with van der Waals surface area (Å²) in [6.07, 6.45) is 7.45. The number of hydrogen-bond acceptors (Lipinski definition) is 10. The number of fused-ring (bicyclic) bond motifs is 2. The molecule has 1 amide bonds. The standard InChI is InChI=1S/C40H38FN9O4/c1-23-31-22-43-40(45-36(31)50(26-7-3-4-8-26)39(54)35(23)24(2)51)44-34-14-12-27(21-42-34)48-15-17-49(18-16-48)38(53)30-19-25(11-13-32(30)41)20-33-28-9-5-6-10-29(28)37(52)47-46-33/h5-6,9-14,19,21-22,26H,3-4,7-8,15-18,20H2,1-2H3,(H,47,52)(H,42,43,44,45). The summed E-state index contributed by atoms with van der Waals surface area (Å²) in [6.45, 7) is 5.03. The number of benzene rings is 2. The van der Waals surface area contributed by atoms with E-state index in [1.54, 1.807) is 53.0 Å². The second-order valence-electron chi connectivity index (χ2n) is 13.9. The molecule has 0 unspecified atom stereocenters. The molecule has 1 aliphatic heterocycles. The molecule has 1 saturated heterocycles. The summed E-state index contributed by atoms with van der Waals surface area (Å²) in [5, 5.41) is 11.8. The number of halogens is 1. The highest BCUT2D eigenvalue weighted by molar-refractivity contribution is 5.99. The summed E-state index contributed by atoms with van der Waals surface area (Å²) >= 11 is 0. The van der Waals surface area contributed by atoms with Gasteiger partial charge in [-0.05, 0) is 68.1 Å². The molecule has 0 atom stereocenters. The third-order valence-electron chi connectivity index (χ3n) is 10.6. The molecule has 2 aliphatic rings. The zero-order valence-corrected chi connectivity index (χ0v) is 29.9. The maximum atomic E-state index is 15.0. The normalized spacial score (nSPS) is 14.9. The fourth-order valence-electron chi connectivity index (χ4n) is 7.75. The number of carbonyl (C=O) groups is 2. The molecule has 5 heterocycles. The average Bonchev–Trinajstić information content (AvgIpc) is 3.71. The second kappa shape index (κ2) is 14.3. The van der Waals surface area contributed by atoms with Gasteiger partial charge in [-0.2, -0.15) is 10.1 Å². The van der Waals surface area contributed by atoms with E-state index >= 15 is 4.39 Å². The van der Waals surface area contributed by atoms with E-state index in [0.717, 1.165) is 31.4 Å². The highest BCUT2D eigenvalue weighted by Crippen LogP contribution is 2.32. The third kappa shape index (κ3) is 6.48. The molecular weight excluding hydrogens is 689 g/mol. The van der Waals surface area contributed by atoms with Gasteiger partial charge in [0.05, 0.1) is 34.1 Å². The van der Waals surface area contributed by atoms with Crippen LogP contribution in [0.1, 0.15) is 76.2 Å². The van der Waals surface area contributed by atoms with Crippen LogP contribution in [0.3, 0.4) is 0 Å². The first kappa shape index (κ1) is 34.8. The number of H-pyrrole nitrogens is 1. The van der Waals surface area contributed by atoms with E-state index in [4.69, 9.17) is 4.98 Å². The van der Waals surface area contributed by atoms with E-state index in [0.29, 0.717) is 77.0 Å². The van der Waals surface area contributed by atoms with Crippen LogP contribution in [0.15, 0.2) is 76.6 Å². The number of aromatic amines is 1. The molecule has 1 aliphatic carbocycles. The Kier molecular flexibility index (Phi) is 9.18. The summed E-state index contributed by atoms with van der Waals surface area (Å²) < 4.78 is 16.7. The van der Waals surface area contributed by atoms with E-state index in [2.05, 4.69) is 30.4 Å². The van der Waals surface area contributed by atoms with Gasteiger partial charge in [-0.1, -0.05) is 37.1 Å². The van der Waals surface area contributed by atoms with Crippen molar-refractivity contribution in [3.63, 3.8) is 0 Å². The van der Waals surface area contributed by atoms with Gasteiger partial charge >= 0.3 is 0 Å². The van der Waals surface area contributed by atoms with Crippen molar-refractivity contribution >= 4 is 50.9 Å². The molecular formula is C40H38FN9O4. The first-order chi connectivity index (χ1) is 26.2. The van der Waals surface area contributed by atoms with Gasteiger partial charge in [0.25, 0.3) is 17.0 Å². The van der Waals surface area contributed by atoms with Crippen molar-refractivity contribution < 1.29 is 14.0 Å². The molecule has 2 N–H and O–H groups in total. The summed E-state index contributed by atoms with van der Waals surface area (Å²) in [7, 11) is 0. The SMILES string of the molecule is CC(=O)c1c(C)c2cnc(Nc3ccc(N4CCN(C(=O)c5cc(Cc6n[nH]c(=O)c7ccccc67)ccc5F)CC4)cn3)nc2n(C2CCCC2)c1=O. The van der Waals surface area contributed by atoms with E-state index in [9.17, 15) is 19.2 Å². The third-order valence-corrected chi connectivity index (χ3v) is 10.6. The molecule has 14 heteroatoms. The maximum Gasteiger partial charge on any atom is 0.272 e. The van der Waals surface area contributed by atoms with E-state index in [1.165, 1.54) is 13.0 Å². The molecule has 0 bridgehead atoms. The van der Waals surface area contributed by atoms with Crippen molar-refractivity contribution in [2.24, 2.45) is 0 Å². The Morgan fingerprint density at radius 1 is 0.926 bits per heavy atom. The average molecular weight is 728 g/mol. The summed E-state index contributed by atoms with van der Waals surface area (Å²) in [6, 6.07) is 15.4. The number of hydrogen-bond donors (Lipinski definition) is 2. The lowest BCUT2D eigenvalue weighted by molar-refractivity contribution is 0.0741. The van der Waals surface area contributed by atoms with Crippen LogP contribution in [0.4, 0.5) is 21.8 Å². The Morgan fingerprint density at radius 2 is 1.69 bits per heavy atom. The topological polar surface area (TPSA) is 159 Å². The van der Waals surface area contributed by atoms with Gasteiger partial charge in [0.15, 0.2) is 5.78 Å². The molecule has 0 spiro atoms. The number of nitrogens with one attached hydrogen (secondary N) is 2. The van der Waals surface area contributed by atoms with Crippen LogP contribution >= 0.6 is 0 Å². The minimum absolute atomic E-state index is 0.00243. The summed E-state index contributed by atoms with van der Waals surface area (Å²) in [5.41, 5.74) is 2.89. The van der Waals surface area contributed by atoms with E-state index in [1.807, 2.05) is 24.3 Å². The number of nitrogens with zero attached hydrogens (tertiary/aromatic N) is 7. The number of anilines is 3. The van der Waals surface area contributed by atoms with Gasteiger partial charge in [0, 0.05) is 55.6 Å². The van der Waals surface area contributed by atoms with Gasteiger partial charge < -0.3 is 15.1 Å². The number of ketones is 1. The first-order valence-corrected chi connectivity index (χ1v) is 18.1. The Balaban J connectivity index is 0.940. The van der Waals surface area contributed by atoms with Crippen molar-refractivity contribution in [2.75, 3.05) is 36.4 Å². The molecule has 2 fully saturated rings. The van der Waals surface area contributed by atoms with Gasteiger partial charge in [-0.15, -0.1) is 0 Å². The zero-order chi connectivity index (χ0) is 37.5. The summed E-state index contributed by atoms with van der Waals surface area (Å²) in [4.78, 5) is 69.3. The number of aryl methyl sites for hydroxylation is 1. The lowest BCUT2D eigenvalue weighted by Crippen LogP contribution is -2.49. The minimum atomic E-state index is -0.592. The van der Waals surface area contributed by atoms with Crippen LogP contribution in [0.5, 0.6) is 0 Å². The van der Waals surface area contributed by atoms with Gasteiger partial charge in [-0.25, -0.2) is 19.5 Å². The zero-order valence-electron chi connectivity index (χ0n) is 29.9. The van der Waals surface area contributed by atoms with Crippen molar-refractivity contribution in [1.82, 2.24) is 34.6 Å². The van der Waals surface area contributed by atoms with Gasteiger partial charge in [-0.3, -0.25) is 23.7 Å². The van der Waals surface area contributed by atoms with Crippen LogP contribution in [0.25, 0.3) is 21.8 Å². The summed E-state index contributed by atoms with van der Waals surface area (Å²) in [5.74, 6) is -0.440. The van der Waals surface area contributed by atoms with Crippen LogP contribution in [0.2, 0.25) is 0 Å². The lowest BCUT2D eigenvalue weighted by atomic mass is 10.0. The Hall–Kier alpha value is -6.31. The highest BCUT2D eigenvalue weighted by Gasteiger charge is 2.27. The Morgan fingerprint density at radius 3 is 2.41 bits per heavy atom. The van der Waals surface area contributed by atoms with Crippen molar-refractivity contribution in [1.29, 1.82) is 0 Å². The fraction of sp³-hybridized carbons (Fsp3) is 0.300. The minimum Gasteiger partial charge on any atom is -0.367 e. The molecule has 0 radical (unpaired) electrons. The van der Waals surface area contributed by atoms with E-state index < -0.39 is 5.82 Å². The number of pyridine rings is 2. The number of carbonyl (C=O) groups excluding carboxylic acids is 2. The number of Topliss-reactive ketones (excluding diaryl/α,β-unsaturated/α-hetero) is 1. The van der Waals surface area contributed by atoms with E-state index in [-0.39, 0.29) is 45.9 Å². The number of piperazine rings is 1. The van der Waals surface area contributed by atoms with Crippen LogP contribution in [0, 0.1) is 12.7 Å². The predicted octanol–water partition coefficient (Wildman–Crippen LogP) is 5.49. The number of amides is 1. The number of rotatable bonds is 8. The second-order valence-corrected chi connectivity index (χ2v) is 13.9. The Labute approximate surface area is 308 Å². The smallest absolute Gasteiger partial charge is 0.272 e. The molecule has 13 nitrogen and oxygen atoms in total. The molecule has 274 valence electrons. The molecule has 6 aromatic rings.